The highest BCUT2D eigenvalue weighted by Crippen LogP contribution is 2.43. The second-order valence-electron chi connectivity index (χ2n) is 5.80. The molecule has 0 amide bonds. The first-order valence-corrected chi connectivity index (χ1v) is 7.83. The van der Waals surface area contributed by atoms with Crippen LogP contribution in [0.4, 0.5) is 13.2 Å². The molecule has 26 heavy (non-hydrogen) atoms. The normalized spacial score (nSPS) is 16.5. The Hall–Kier alpha value is -2.80. The Labute approximate surface area is 148 Å². The third-order valence-electron chi connectivity index (χ3n) is 4.25. The highest BCUT2D eigenvalue weighted by atomic mass is 35.5. The van der Waals surface area contributed by atoms with Crippen molar-refractivity contribution < 1.29 is 27.1 Å². The molecule has 0 bridgehead atoms. The topological polar surface area (TPSA) is 56.5 Å². The van der Waals surface area contributed by atoms with Crippen LogP contribution >= 0.6 is 11.6 Å². The largest absolute Gasteiger partial charge is 0.462 e. The first-order valence-electron chi connectivity index (χ1n) is 7.46. The van der Waals surface area contributed by atoms with E-state index in [4.69, 9.17) is 20.8 Å². The van der Waals surface area contributed by atoms with Crippen LogP contribution in [0, 0.1) is 17.5 Å². The maximum atomic E-state index is 13.7. The van der Waals surface area contributed by atoms with Crippen LogP contribution in [0.2, 0.25) is 5.02 Å². The maximum absolute atomic E-state index is 13.7. The Kier molecular flexibility index (Phi) is 3.77. The van der Waals surface area contributed by atoms with Gasteiger partial charge in [0.1, 0.15) is 22.6 Å². The van der Waals surface area contributed by atoms with Gasteiger partial charge in [0, 0.05) is 11.5 Å². The van der Waals surface area contributed by atoms with Gasteiger partial charge >= 0.3 is 5.97 Å². The van der Waals surface area contributed by atoms with Gasteiger partial charge < -0.3 is 9.15 Å². The monoisotopic (exact) mass is 380 g/mol. The number of ether oxygens (including phenoxy) is 1. The van der Waals surface area contributed by atoms with Crippen molar-refractivity contribution in [2.45, 2.75) is 12.3 Å². The van der Waals surface area contributed by atoms with E-state index in [1.807, 2.05) is 0 Å². The summed E-state index contributed by atoms with van der Waals surface area (Å²) < 4.78 is 51.2. The van der Waals surface area contributed by atoms with Crippen molar-refractivity contribution in [1.82, 2.24) is 0 Å². The molecule has 4 nitrogen and oxygen atoms in total. The predicted molar refractivity (Wildman–Crippen MR) is 85.9 cm³/mol. The molecule has 0 saturated heterocycles. The Morgan fingerprint density at radius 2 is 1.77 bits per heavy atom. The van der Waals surface area contributed by atoms with Crippen molar-refractivity contribution in [2.75, 3.05) is 0 Å². The molecule has 0 saturated carbocycles. The van der Waals surface area contributed by atoms with Crippen molar-refractivity contribution in [1.29, 1.82) is 0 Å². The van der Waals surface area contributed by atoms with E-state index in [0.29, 0.717) is 0 Å². The van der Waals surface area contributed by atoms with Crippen molar-refractivity contribution in [3.8, 4) is 5.75 Å². The number of fused-ring (bicyclic) bond motifs is 3. The zero-order valence-corrected chi connectivity index (χ0v) is 13.6. The van der Waals surface area contributed by atoms with E-state index in [1.54, 1.807) is 0 Å². The number of halogens is 4. The number of hydrogen-bond acceptors (Lipinski definition) is 4. The molecule has 2 heterocycles. The second-order valence-corrected chi connectivity index (χ2v) is 6.20. The highest BCUT2D eigenvalue weighted by molar-refractivity contribution is 6.30. The van der Waals surface area contributed by atoms with Crippen LogP contribution in [0.25, 0.3) is 11.0 Å². The predicted octanol–water partition coefficient (Wildman–Crippen LogP) is 4.30. The fourth-order valence-electron chi connectivity index (χ4n) is 3.09. The molecule has 2 aromatic carbocycles. The minimum absolute atomic E-state index is 0.0180. The number of rotatable bonds is 1. The van der Waals surface area contributed by atoms with E-state index >= 15 is 0 Å². The lowest BCUT2D eigenvalue weighted by Crippen LogP contribution is -2.22. The Morgan fingerprint density at radius 1 is 1.08 bits per heavy atom. The van der Waals surface area contributed by atoms with E-state index < -0.39 is 34.8 Å². The van der Waals surface area contributed by atoms with Gasteiger partial charge in [0.05, 0.1) is 11.8 Å². The van der Waals surface area contributed by atoms with Gasteiger partial charge in [-0.05, 0) is 29.8 Å². The SMILES string of the molecule is O=C1C[C@H](c2cc(F)c(F)c(F)c2)c2c(ccc3c(=O)c(Cl)coc23)O1. The van der Waals surface area contributed by atoms with Gasteiger partial charge in [0.25, 0.3) is 0 Å². The van der Waals surface area contributed by atoms with Gasteiger partial charge in [-0.25, -0.2) is 13.2 Å². The summed E-state index contributed by atoms with van der Waals surface area (Å²) in [5.74, 6) is -5.81. The van der Waals surface area contributed by atoms with Crippen LogP contribution in [0.3, 0.4) is 0 Å². The van der Waals surface area contributed by atoms with Crippen LogP contribution in [0.15, 0.2) is 39.7 Å². The van der Waals surface area contributed by atoms with E-state index in [9.17, 15) is 22.8 Å². The van der Waals surface area contributed by atoms with Crippen molar-refractivity contribution in [3.63, 3.8) is 0 Å². The molecular weight excluding hydrogens is 373 g/mol. The van der Waals surface area contributed by atoms with Crippen molar-refractivity contribution in [3.05, 3.63) is 74.4 Å². The summed E-state index contributed by atoms with van der Waals surface area (Å²) in [5.41, 5.74) is -0.131. The zero-order chi connectivity index (χ0) is 18.6. The molecule has 132 valence electrons. The number of carbonyl (C=O) groups is 1. The summed E-state index contributed by atoms with van der Waals surface area (Å²) in [5, 5.41) is -0.0112. The lowest BCUT2D eigenvalue weighted by Gasteiger charge is -2.25. The Bertz CT molecular complexity index is 1120. The minimum Gasteiger partial charge on any atom is -0.462 e. The molecule has 1 aromatic heterocycles. The molecule has 1 atom stereocenters. The fraction of sp³-hybridized carbons (Fsp3) is 0.111. The highest BCUT2D eigenvalue weighted by Gasteiger charge is 2.33. The quantitative estimate of drug-likeness (QED) is 0.359. The standard InChI is InChI=1S/C18H8ClF3O4/c19-10-6-25-18-8(17(10)24)1-2-13-15(18)9(5-14(23)26-13)7-3-11(20)16(22)12(21)4-7/h1-4,6,9H,5H2/t9-/m1/s1. The molecule has 0 aliphatic carbocycles. The minimum atomic E-state index is -1.61. The molecule has 0 unspecified atom stereocenters. The molecular formula is C18H8ClF3O4. The molecule has 0 radical (unpaired) electrons. The molecule has 0 spiro atoms. The summed E-state index contributed by atoms with van der Waals surface area (Å²) in [7, 11) is 0. The Morgan fingerprint density at radius 3 is 2.46 bits per heavy atom. The molecule has 0 fully saturated rings. The molecule has 3 aromatic rings. The Balaban J connectivity index is 2.03. The van der Waals surface area contributed by atoms with E-state index in [2.05, 4.69) is 0 Å². The van der Waals surface area contributed by atoms with Crippen molar-refractivity contribution >= 4 is 28.5 Å². The summed E-state index contributed by atoms with van der Waals surface area (Å²) >= 11 is 5.77. The van der Waals surface area contributed by atoms with E-state index in [0.717, 1.165) is 18.4 Å². The van der Waals surface area contributed by atoms with Gasteiger partial charge in [-0.1, -0.05) is 11.6 Å². The number of hydrogen-bond donors (Lipinski definition) is 0. The first-order chi connectivity index (χ1) is 12.4. The van der Waals surface area contributed by atoms with E-state index in [1.165, 1.54) is 12.1 Å². The van der Waals surface area contributed by atoms with Crippen LogP contribution in [0.1, 0.15) is 23.5 Å². The number of carbonyl (C=O) groups excluding carboxylic acids is 1. The van der Waals surface area contributed by atoms with Gasteiger partial charge in [0.2, 0.25) is 5.43 Å². The lowest BCUT2D eigenvalue weighted by atomic mass is 9.85. The summed E-state index contributed by atoms with van der Waals surface area (Å²) in [6, 6.07) is 4.37. The fourth-order valence-corrected chi connectivity index (χ4v) is 3.24. The van der Waals surface area contributed by atoms with E-state index in [-0.39, 0.29) is 39.3 Å². The molecule has 1 aliphatic heterocycles. The van der Waals surface area contributed by atoms with Crippen molar-refractivity contribution in [2.24, 2.45) is 0 Å². The average molecular weight is 381 g/mol. The van der Waals surface area contributed by atoms with Gasteiger partial charge in [-0.3, -0.25) is 9.59 Å². The summed E-state index contributed by atoms with van der Waals surface area (Å²) in [6.45, 7) is 0. The molecule has 8 heteroatoms. The number of benzene rings is 2. The lowest BCUT2D eigenvalue weighted by molar-refractivity contribution is -0.135. The van der Waals surface area contributed by atoms with Crippen LogP contribution in [-0.2, 0) is 4.79 Å². The second kappa shape index (κ2) is 5.88. The third-order valence-corrected chi connectivity index (χ3v) is 4.51. The smallest absolute Gasteiger partial charge is 0.312 e. The zero-order valence-electron chi connectivity index (χ0n) is 12.8. The molecule has 0 N–H and O–H groups in total. The van der Waals surface area contributed by atoms with Crippen LogP contribution in [-0.4, -0.2) is 5.97 Å². The van der Waals surface area contributed by atoms with Gasteiger partial charge in [0.15, 0.2) is 17.5 Å². The summed E-state index contributed by atoms with van der Waals surface area (Å²) in [4.78, 5) is 24.1. The molecule has 1 aliphatic rings. The first kappa shape index (κ1) is 16.7. The average Bonchev–Trinajstić information content (AvgIpc) is 2.61. The van der Waals surface area contributed by atoms with Gasteiger partial charge in [-0.2, -0.15) is 0 Å². The maximum Gasteiger partial charge on any atom is 0.312 e. The van der Waals surface area contributed by atoms with Gasteiger partial charge in [-0.15, -0.1) is 0 Å². The van der Waals surface area contributed by atoms with Crippen LogP contribution in [0.5, 0.6) is 5.75 Å². The summed E-state index contributed by atoms with van der Waals surface area (Å²) in [6.07, 6.45) is 0.773. The molecule has 4 rings (SSSR count). The van der Waals surface area contributed by atoms with Crippen LogP contribution < -0.4 is 10.2 Å². The third kappa shape index (κ3) is 2.47. The number of esters is 1.